The van der Waals surface area contributed by atoms with Crippen LogP contribution in [0, 0.1) is 0 Å². The summed E-state index contributed by atoms with van der Waals surface area (Å²) in [5, 5.41) is 1.10. The van der Waals surface area contributed by atoms with Crippen LogP contribution in [0.25, 0.3) is 17.0 Å². The van der Waals surface area contributed by atoms with Crippen LogP contribution in [0.1, 0.15) is 45.9 Å². The van der Waals surface area contributed by atoms with Crippen LogP contribution in [0.4, 0.5) is 23.0 Å². The molecular weight excluding hydrogens is 373 g/mol. The van der Waals surface area contributed by atoms with Gasteiger partial charge in [-0.1, -0.05) is 0 Å². The molecular formula is C20H28BF4NO2. The first kappa shape index (κ1) is 23.8. The lowest BCUT2D eigenvalue weighted by Crippen LogP contribution is -2.21. The molecule has 0 bridgehead atoms. The van der Waals surface area contributed by atoms with Crippen LogP contribution in [-0.4, -0.2) is 27.5 Å². The van der Waals surface area contributed by atoms with E-state index in [4.69, 9.17) is 9.15 Å². The monoisotopic (exact) mass is 401 g/mol. The Hall–Kier alpha value is -2.25. The number of rotatable bonds is 5. The lowest BCUT2D eigenvalue weighted by atomic mass is 9.91. The Kier molecular flexibility index (Phi) is 8.33. The molecule has 3 nitrogen and oxygen atoms in total. The van der Waals surface area contributed by atoms with Crippen LogP contribution >= 0.6 is 0 Å². The maximum absolute atomic E-state index is 9.75. The summed E-state index contributed by atoms with van der Waals surface area (Å²) in [6, 6.07) is 8.54. The Bertz CT molecular complexity index is 791. The lowest BCUT2D eigenvalue weighted by molar-refractivity contribution is 0.341. The number of fused-ring (bicyclic) bond motifs is 1. The maximum Gasteiger partial charge on any atom is 0.673 e. The van der Waals surface area contributed by atoms with Crippen molar-refractivity contribution in [2.75, 3.05) is 25.1 Å². The highest BCUT2D eigenvalue weighted by Crippen LogP contribution is 2.32. The van der Waals surface area contributed by atoms with Gasteiger partial charge in [0.1, 0.15) is 0 Å². The van der Waals surface area contributed by atoms with Gasteiger partial charge in [0.15, 0.2) is 0 Å². The number of hydrogen-bond donors (Lipinski definition) is 0. The van der Waals surface area contributed by atoms with Crippen LogP contribution in [0.2, 0.25) is 0 Å². The average molecular weight is 401 g/mol. The molecule has 0 unspecified atom stereocenters. The minimum absolute atomic E-state index is 0.0466. The average Bonchev–Trinajstić information content (AvgIpc) is 2.58. The minimum Gasteiger partial charge on any atom is -0.504 e. The third kappa shape index (κ3) is 7.41. The molecule has 1 heterocycles. The maximum atomic E-state index is 9.75. The molecule has 2 rings (SSSR count). The van der Waals surface area contributed by atoms with Crippen LogP contribution in [0.15, 0.2) is 34.9 Å². The van der Waals surface area contributed by atoms with Crippen molar-refractivity contribution in [3.05, 3.63) is 41.9 Å². The molecule has 0 fully saturated rings. The molecule has 0 saturated carbocycles. The van der Waals surface area contributed by atoms with E-state index in [1.54, 1.807) is 13.4 Å². The van der Waals surface area contributed by atoms with Gasteiger partial charge in [0.2, 0.25) is 0 Å². The van der Waals surface area contributed by atoms with Gasteiger partial charge in [0.05, 0.1) is 30.2 Å². The second-order valence-corrected chi connectivity index (χ2v) is 7.20. The highest BCUT2D eigenvalue weighted by atomic mass is 19.5. The predicted octanol–water partition coefficient (Wildman–Crippen LogP) is 6.77. The van der Waals surface area contributed by atoms with Crippen molar-refractivity contribution in [2.24, 2.45) is 0 Å². The van der Waals surface area contributed by atoms with Crippen molar-refractivity contribution in [3.63, 3.8) is 0 Å². The Morgan fingerprint density at radius 2 is 1.64 bits per heavy atom. The first-order valence-corrected chi connectivity index (χ1v) is 9.13. The molecule has 1 aromatic carbocycles. The zero-order chi connectivity index (χ0) is 21.5. The fraction of sp³-hybridized carbons (Fsp3) is 0.450. The first-order chi connectivity index (χ1) is 12.9. The molecule has 0 aliphatic heterocycles. The molecule has 0 atom stereocenters. The molecule has 0 N–H and O–H groups in total. The van der Waals surface area contributed by atoms with Gasteiger partial charge in [0, 0.05) is 30.4 Å². The predicted molar refractivity (Wildman–Crippen MR) is 109 cm³/mol. The molecule has 0 amide bonds. The molecule has 0 radical (unpaired) electrons. The van der Waals surface area contributed by atoms with Gasteiger partial charge >= 0.3 is 18.6 Å². The van der Waals surface area contributed by atoms with Gasteiger partial charge < -0.3 is 26.9 Å². The SMILES string of the molecule is CCN(CC)c1ccc2c(/C=C/OC)cc(C(C)(C)C)[o+]c2c1.F[B-](F)(F)F. The summed E-state index contributed by atoms with van der Waals surface area (Å²) in [5.74, 6) is 0.970. The number of ether oxygens (including phenoxy) is 1. The third-order valence-corrected chi connectivity index (χ3v) is 4.03. The van der Waals surface area contributed by atoms with E-state index in [1.807, 2.05) is 6.08 Å². The van der Waals surface area contributed by atoms with E-state index in [9.17, 15) is 17.3 Å². The van der Waals surface area contributed by atoms with Gasteiger partial charge in [-0.15, -0.1) is 0 Å². The van der Waals surface area contributed by atoms with Gasteiger partial charge in [-0.25, -0.2) is 4.42 Å². The van der Waals surface area contributed by atoms with E-state index in [-0.39, 0.29) is 5.41 Å². The van der Waals surface area contributed by atoms with Crippen LogP contribution < -0.4 is 4.90 Å². The summed E-state index contributed by atoms with van der Waals surface area (Å²) in [6.07, 6.45) is 3.70. The fourth-order valence-corrected chi connectivity index (χ4v) is 2.64. The molecule has 8 heteroatoms. The highest BCUT2D eigenvalue weighted by molar-refractivity contribution is 6.50. The Morgan fingerprint density at radius 3 is 2.11 bits per heavy atom. The highest BCUT2D eigenvalue weighted by Gasteiger charge is 2.29. The van der Waals surface area contributed by atoms with E-state index in [0.29, 0.717) is 0 Å². The number of benzene rings is 1. The van der Waals surface area contributed by atoms with Crippen molar-refractivity contribution in [1.82, 2.24) is 0 Å². The van der Waals surface area contributed by atoms with E-state index in [0.717, 1.165) is 35.4 Å². The first-order valence-electron chi connectivity index (χ1n) is 9.13. The van der Waals surface area contributed by atoms with Crippen molar-refractivity contribution in [2.45, 2.75) is 40.0 Å². The zero-order valence-electron chi connectivity index (χ0n) is 17.2. The van der Waals surface area contributed by atoms with Crippen molar-refractivity contribution in [1.29, 1.82) is 0 Å². The molecule has 0 saturated heterocycles. The van der Waals surface area contributed by atoms with E-state index < -0.39 is 7.25 Å². The number of halogens is 4. The second kappa shape index (κ2) is 9.80. The molecule has 0 aliphatic rings. The summed E-state index contributed by atoms with van der Waals surface area (Å²) in [4.78, 5) is 2.32. The number of anilines is 1. The van der Waals surface area contributed by atoms with Crippen molar-refractivity contribution >= 4 is 30.0 Å². The zero-order valence-corrected chi connectivity index (χ0v) is 17.2. The summed E-state index contributed by atoms with van der Waals surface area (Å²) < 4.78 is 50.3. The smallest absolute Gasteiger partial charge is 0.504 e. The number of hydrogen-bond acceptors (Lipinski definition) is 2. The van der Waals surface area contributed by atoms with Crippen LogP contribution in [0.5, 0.6) is 0 Å². The largest absolute Gasteiger partial charge is 0.673 e. The van der Waals surface area contributed by atoms with Gasteiger partial charge in [-0.2, -0.15) is 0 Å². The summed E-state index contributed by atoms with van der Waals surface area (Å²) in [7, 11) is -4.34. The number of nitrogens with zero attached hydrogens (tertiary/aromatic N) is 1. The Labute approximate surface area is 164 Å². The van der Waals surface area contributed by atoms with Gasteiger partial charge in [0.25, 0.3) is 0 Å². The third-order valence-electron chi connectivity index (χ3n) is 4.03. The normalized spacial score (nSPS) is 12.1. The topological polar surface area (TPSA) is 23.8 Å². The van der Waals surface area contributed by atoms with Crippen LogP contribution in [0.3, 0.4) is 0 Å². The molecule has 156 valence electrons. The second-order valence-electron chi connectivity index (χ2n) is 7.20. The molecule has 2 aromatic rings. The van der Waals surface area contributed by atoms with Crippen LogP contribution in [-0.2, 0) is 10.2 Å². The molecule has 0 spiro atoms. The minimum atomic E-state index is -6.00. The quantitative estimate of drug-likeness (QED) is 0.239. The molecule has 28 heavy (non-hydrogen) atoms. The summed E-state index contributed by atoms with van der Waals surface area (Å²) >= 11 is 0. The lowest BCUT2D eigenvalue weighted by Gasteiger charge is -2.20. The fourth-order valence-electron chi connectivity index (χ4n) is 2.64. The summed E-state index contributed by atoms with van der Waals surface area (Å²) in [5.41, 5.74) is 3.18. The van der Waals surface area contributed by atoms with Crippen molar-refractivity contribution in [3.8, 4) is 0 Å². The van der Waals surface area contributed by atoms with E-state index in [1.165, 1.54) is 5.69 Å². The Balaban J connectivity index is 0.000000696. The number of methoxy groups -OCH3 is 1. The van der Waals surface area contributed by atoms with Crippen molar-refractivity contribution < 1.29 is 26.4 Å². The van der Waals surface area contributed by atoms with Gasteiger partial charge in [-0.05, 0) is 52.8 Å². The van der Waals surface area contributed by atoms with E-state index in [2.05, 4.69) is 63.8 Å². The standard InChI is InChI=1S/C20H28NO2.BF4/c1-7-21(8-2)16-9-10-17-15(11-12-22-6)13-19(20(3,4)5)23-18(17)14-16;2-1(3,4)5/h9-14H,7-8H2,1-6H3;/q+1;-1/b12-11+;. The summed E-state index contributed by atoms with van der Waals surface area (Å²) in [6.45, 7) is 12.8. The molecule has 1 aromatic heterocycles. The Morgan fingerprint density at radius 1 is 1.07 bits per heavy atom. The molecule has 0 aliphatic carbocycles. The van der Waals surface area contributed by atoms with E-state index >= 15 is 0 Å². The van der Waals surface area contributed by atoms with Gasteiger partial charge in [-0.3, -0.25) is 0 Å².